The number of hydrogen-bond acceptors (Lipinski definition) is 4. The smallest absolute Gasteiger partial charge is 0.183 e. The molecule has 3 rings (SSSR count). The van der Waals surface area contributed by atoms with Gasteiger partial charge in [0.05, 0.1) is 17.8 Å². The van der Waals surface area contributed by atoms with Crippen LogP contribution in [0.15, 0.2) is 46.8 Å². The molecule has 2 aromatic heterocycles. The summed E-state index contributed by atoms with van der Waals surface area (Å²) >= 11 is 6.16. The number of nitrogens with zero attached hydrogens (tertiary/aromatic N) is 4. The predicted molar refractivity (Wildman–Crippen MR) is 101 cm³/mol. The molecule has 0 aliphatic carbocycles. The Morgan fingerprint density at radius 3 is 2.56 bits per heavy atom. The lowest BCUT2D eigenvalue weighted by atomic mass is 9.92. The van der Waals surface area contributed by atoms with E-state index in [1.807, 2.05) is 41.7 Å². The highest BCUT2D eigenvalue weighted by Gasteiger charge is 2.24. The van der Waals surface area contributed by atoms with Gasteiger partial charge in [0.1, 0.15) is 17.1 Å². The van der Waals surface area contributed by atoms with E-state index in [2.05, 4.69) is 31.0 Å². The quantitative estimate of drug-likeness (QED) is 0.539. The molecule has 0 atom stereocenters. The van der Waals surface area contributed by atoms with Gasteiger partial charge in [0.2, 0.25) is 0 Å². The zero-order valence-corrected chi connectivity index (χ0v) is 15.8. The topological polar surface area (TPSA) is 51.2 Å². The number of ether oxygens (including phenoxy) is 1. The zero-order chi connectivity index (χ0) is 18.2. The fraction of sp³-hybridized carbons (Fsp3) is 0.316. The second-order valence-electron chi connectivity index (χ2n) is 6.98. The Labute approximate surface area is 152 Å². The largest absolute Gasteiger partial charge is 0.494 e. The molecule has 0 radical (unpaired) electrons. The van der Waals surface area contributed by atoms with Crippen LogP contribution < -0.4 is 4.74 Å². The Morgan fingerprint density at radius 1 is 1.12 bits per heavy atom. The SMILES string of the molecule is COc1ccc(C)cc1N=Nc1c(C(C)(C)C)nc2ccc(Cl)cn12. The zero-order valence-electron chi connectivity index (χ0n) is 15.0. The molecule has 5 nitrogen and oxygen atoms in total. The summed E-state index contributed by atoms with van der Waals surface area (Å²) in [5, 5.41) is 9.56. The second-order valence-corrected chi connectivity index (χ2v) is 7.42. The van der Waals surface area contributed by atoms with Crippen molar-refractivity contribution in [1.82, 2.24) is 9.38 Å². The monoisotopic (exact) mass is 356 g/mol. The van der Waals surface area contributed by atoms with Crippen molar-refractivity contribution < 1.29 is 4.74 Å². The van der Waals surface area contributed by atoms with Crippen molar-refractivity contribution in [3.05, 3.63) is 52.8 Å². The fourth-order valence-electron chi connectivity index (χ4n) is 2.58. The molecule has 0 aliphatic heterocycles. The first-order valence-corrected chi connectivity index (χ1v) is 8.42. The van der Waals surface area contributed by atoms with Gasteiger partial charge in [-0.1, -0.05) is 38.4 Å². The highest BCUT2D eigenvalue weighted by molar-refractivity contribution is 6.30. The average molecular weight is 357 g/mol. The molecule has 0 N–H and O–H groups in total. The van der Waals surface area contributed by atoms with Crippen LogP contribution in [0.1, 0.15) is 32.0 Å². The maximum absolute atomic E-state index is 6.16. The number of azo groups is 1. The van der Waals surface area contributed by atoms with Gasteiger partial charge in [0.25, 0.3) is 0 Å². The van der Waals surface area contributed by atoms with E-state index >= 15 is 0 Å². The maximum Gasteiger partial charge on any atom is 0.183 e. The fourth-order valence-corrected chi connectivity index (χ4v) is 2.75. The molecule has 6 heteroatoms. The highest BCUT2D eigenvalue weighted by Crippen LogP contribution is 2.35. The minimum Gasteiger partial charge on any atom is -0.494 e. The third-order valence-electron chi connectivity index (χ3n) is 3.85. The Balaban J connectivity index is 2.18. The molecule has 0 fully saturated rings. The minimum atomic E-state index is -0.177. The number of halogens is 1. The number of aryl methyl sites for hydroxylation is 1. The van der Waals surface area contributed by atoms with Crippen molar-refractivity contribution in [1.29, 1.82) is 0 Å². The van der Waals surface area contributed by atoms with E-state index in [1.165, 1.54) is 0 Å². The number of fused-ring (bicyclic) bond motifs is 1. The summed E-state index contributed by atoms with van der Waals surface area (Å²) in [5.74, 6) is 1.35. The molecule has 0 saturated heterocycles. The van der Waals surface area contributed by atoms with Crippen LogP contribution in [0.4, 0.5) is 11.5 Å². The molecule has 0 amide bonds. The Morgan fingerprint density at radius 2 is 1.88 bits per heavy atom. The number of imidazole rings is 1. The van der Waals surface area contributed by atoms with Gasteiger partial charge in [-0.05, 0) is 36.8 Å². The normalized spacial score (nSPS) is 12.2. The number of pyridine rings is 1. The summed E-state index contributed by atoms with van der Waals surface area (Å²) in [5.41, 5.74) is 3.25. The van der Waals surface area contributed by atoms with E-state index in [1.54, 1.807) is 13.3 Å². The van der Waals surface area contributed by atoms with Gasteiger partial charge in [-0.25, -0.2) is 4.98 Å². The first-order chi connectivity index (χ1) is 11.8. The molecule has 25 heavy (non-hydrogen) atoms. The molecule has 0 saturated carbocycles. The van der Waals surface area contributed by atoms with Crippen molar-refractivity contribution in [2.45, 2.75) is 33.1 Å². The molecule has 0 spiro atoms. The van der Waals surface area contributed by atoms with Crippen molar-refractivity contribution in [3.63, 3.8) is 0 Å². The van der Waals surface area contributed by atoms with E-state index in [0.717, 1.165) is 16.9 Å². The standard InChI is InChI=1S/C19H21ClN4O/c1-12-6-8-15(25-5)14(10-12)22-23-18-17(19(2,3)4)21-16-9-7-13(20)11-24(16)18/h6-11H,1-5H3. The van der Waals surface area contributed by atoms with Gasteiger partial charge in [-0.3, -0.25) is 4.40 Å². The van der Waals surface area contributed by atoms with Crippen LogP contribution in [-0.4, -0.2) is 16.5 Å². The van der Waals surface area contributed by atoms with Crippen molar-refractivity contribution in [2.75, 3.05) is 7.11 Å². The highest BCUT2D eigenvalue weighted by atomic mass is 35.5. The molecule has 1 aromatic carbocycles. The van der Waals surface area contributed by atoms with Crippen LogP contribution >= 0.6 is 11.6 Å². The van der Waals surface area contributed by atoms with E-state index in [-0.39, 0.29) is 5.41 Å². The van der Waals surface area contributed by atoms with Crippen molar-refractivity contribution in [2.24, 2.45) is 10.2 Å². The lowest BCUT2D eigenvalue weighted by Gasteiger charge is -2.15. The summed E-state index contributed by atoms with van der Waals surface area (Å²) in [6.45, 7) is 8.31. The van der Waals surface area contributed by atoms with Gasteiger partial charge < -0.3 is 4.74 Å². The Bertz CT molecular complexity index is 954. The van der Waals surface area contributed by atoms with E-state index in [0.29, 0.717) is 22.3 Å². The van der Waals surface area contributed by atoms with E-state index < -0.39 is 0 Å². The Hall–Kier alpha value is -2.40. The van der Waals surface area contributed by atoms with Crippen LogP contribution in [0.25, 0.3) is 5.65 Å². The first kappa shape index (κ1) is 17.4. The van der Waals surface area contributed by atoms with Gasteiger partial charge in [-0.15, -0.1) is 10.2 Å². The lowest BCUT2D eigenvalue weighted by Crippen LogP contribution is -2.11. The molecular weight excluding hydrogens is 336 g/mol. The summed E-state index contributed by atoms with van der Waals surface area (Å²) in [7, 11) is 1.62. The van der Waals surface area contributed by atoms with E-state index in [4.69, 9.17) is 21.3 Å². The average Bonchev–Trinajstić information content (AvgIpc) is 2.91. The molecule has 0 unspecified atom stereocenters. The summed E-state index contributed by atoms with van der Waals surface area (Å²) in [6.07, 6.45) is 1.81. The van der Waals surface area contributed by atoms with Crippen LogP contribution in [-0.2, 0) is 5.41 Å². The molecule has 0 aliphatic rings. The van der Waals surface area contributed by atoms with Crippen LogP contribution in [0.3, 0.4) is 0 Å². The van der Waals surface area contributed by atoms with E-state index in [9.17, 15) is 0 Å². The molecule has 2 heterocycles. The third kappa shape index (κ3) is 3.51. The van der Waals surface area contributed by atoms with Crippen LogP contribution in [0, 0.1) is 6.92 Å². The van der Waals surface area contributed by atoms with Crippen molar-refractivity contribution >= 4 is 28.8 Å². The predicted octanol–water partition coefficient (Wildman–Crippen LogP) is 6.02. The Kier molecular flexibility index (Phi) is 4.52. The number of rotatable bonds is 3. The molecule has 0 bridgehead atoms. The summed E-state index contributed by atoms with van der Waals surface area (Å²) in [6, 6.07) is 9.51. The molecule has 130 valence electrons. The molecular formula is C19H21ClN4O. The molecule has 3 aromatic rings. The first-order valence-electron chi connectivity index (χ1n) is 8.04. The van der Waals surface area contributed by atoms with Gasteiger partial charge >= 0.3 is 0 Å². The minimum absolute atomic E-state index is 0.177. The van der Waals surface area contributed by atoms with Gasteiger partial charge in [0.15, 0.2) is 5.82 Å². The number of methoxy groups -OCH3 is 1. The summed E-state index contributed by atoms with van der Waals surface area (Å²) < 4.78 is 7.25. The number of hydrogen-bond donors (Lipinski definition) is 0. The number of aromatic nitrogens is 2. The maximum atomic E-state index is 6.16. The van der Waals surface area contributed by atoms with Gasteiger partial charge in [-0.2, -0.15) is 0 Å². The second kappa shape index (κ2) is 6.48. The third-order valence-corrected chi connectivity index (χ3v) is 4.08. The van der Waals surface area contributed by atoms with Crippen LogP contribution in [0.2, 0.25) is 5.02 Å². The van der Waals surface area contributed by atoms with Crippen molar-refractivity contribution in [3.8, 4) is 5.75 Å². The lowest BCUT2D eigenvalue weighted by molar-refractivity contribution is 0.415. The van der Waals surface area contributed by atoms with Gasteiger partial charge in [0, 0.05) is 11.6 Å². The summed E-state index contributed by atoms with van der Waals surface area (Å²) in [4.78, 5) is 4.72. The van der Waals surface area contributed by atoms with Crippen LogP contribution in [0.5, 0.6) is 5.75 Å². The number of benzene rings is 1.